The summed E-state index contributed by atoms with van der Waals surface area (Å²) in [6, 6.07) is 0. The second-order valence-corrected chi connectivity index (χ2v) is 3.68. The van der Waals surface area contributed by atoms with Crippen molar-refractivity contribution in [1.29, 1.82) is 0 Å². The van der Waals surface area contributed by atoms with Crippen molar-refractivity contribution in [2.24, 2.45) is 11.8 Å². The number of carbonyl (C=O) groups excluding carboxylic acids is 1. The zero-order valence-corrected chi connectivity index (χ0v) is 8.32. The highest BCUT2D eigenvalue weighted by atomic mass is 16.4. The van der Waals surface area contributed by atoms with Crippen LogP contribution in [0.3, 0.4) is 0 Å². The fraction of sp³-hybridized carbons (Fsp3) is 0.800. The van der Waals surface area contributed by atoms with Gasteiger partial charge in [-0.25, -0.2) is 0 Å². The van der Waals surface area contributed by atoms with E-state index in [-0.39, 0.29) is 5.92 Å². The van der Waals surface area contributed by atoms with Crippen molar-refractivity contribution in [3.05, 3.63) is 0 Å². The second kappa shape index (κ2) is 6.63. The van der Waals surface area contributed by atoms with Crippen LogP contribution in [0.4, 0.5) is 0 Å². The number of hydrogen-bond donors (Lipinski definition) is 1. The van der Waals surface area contributed by atoms with Crippen LogP contribution >= 0.6 is 0 Å². The maximum atomic E-state index is 10.4. The van der Waals surface area contributed by atoms with Crippen LogP contribution in [0, 0.1) is 11.8 Å². The van der Waals surface area contributed by atoms with Crippen LogP contribution in [0.15, 0.2) is 0 Å². The molecule has 0 amide bonds. The largest absolute Gasteiger partial charge is 0.481 e. The molecule has 2 unspecified atom stereocenters. The molecule has 0 radical (unpaired) electrons. The third-order valence-corrected chi connectivity index (χ3v) is 2.25. The third-order valence-electron chi connectivity index (χ3n) is 2.25. The molecular weight excluding hydrogens is 168 g/mol. The van der Waals surface area contributed by atoms with Gasteiger partial charge in [0.1, 0.15) is 6.29 Å². The van der Waals surface area contributed by atoms with E-state index in [1.807, 2.05) is 6.92 Å². The first-order valence-corrected chi connectivity index (χ1v) is 4.74. The van der Waals surface area contributed by atoms with Crippen LogP contribution < -0.4 is 0 Å². The van der Waals surface area contributed by atoms with Gasteiger partial charge in [-0.3, -0.25) is 4.79 Å². The molecule has 3 heteroatoms. The zero-order chi connectivity index (χ0) is 10.3. The molecule has 2 atom stereocenters. The number of carboxylic acid groups (broad SMARTS) is 1. The molecule has 0 saturated carbocycles. The van der Waals surface area contributed by atoms with Gasteiger partial charge in [0.05, 0.1) is 5.92 Å². The van der Waals surface area contributed by atoms with E-state index in [1.54, 1.807) is 6.92 Å². The molecule has 1 N–H and O–H groups in total. The van der Waals surface area contributed by atoms with Crippen LogP contribution in [0.2, 0.25) is 0 Å². The highest BCUT2D eigenvalue weighted by Crippen LogP contribution is 2.14. The highest BCUT2D eigenvalue weighted by Gasteiger charge is 2.10. The van der Waals surface area contributed by atoms with E-state index in [4.69, 9.17) is 5.11 Å². The summed E-state index contributed by atoms with van der Waals surface area (Å²) in [5, 5.41) is 8.59. The summed E-state index contributed by atoms with van der Waals surface area (Å²) in [6.07, 6.45) is 4.05. The number of aldehydes is 1. The molecule has 0 bridgehead atoms. The molecule has 0 rings (SSSR count). The quantitative estimate of drug-likeness (QED) is 0.619. The van der Waals surface area contributed by atoms with Crippen molar-refractivity contribution >= 4 is 12.3 Å². The van der Waals surface area contributed by atoms with Gasteiger partial charge in [0, 0.05) is 6.42 Å². The Morgan fingerprint density at radius 2 is 2.00 bits per heavy atom. The predicted octanol–water partition coefficient (Wildman–Crippen LogP) is 2.10. The second-order valence-electron chi connectivity index (χ2n) is 3.68. The van der Waals surface area contributed by atoms with Crippen LogP contribution in [0.1, 0.15) is 39.5 Å². The average Bonchev–Trinajstić information content (AvgIpc) is 2.04. The van der Waals surface area contributed by atoms with Gasteiger partial charge in [0.25, 0.3) is 0 Å². The molecular formula is C10H18O3. The lowest BCUT2D eigenvalue weighted by Crippen LogP contribution is -2.09. The summed E-state index contributed by atoms with van der Waals surface area (Å²) in [6.45, 7) is 3.73. The Labute approximate surface area is 79.1 Å². The van der Waals surface area contributed by atoms with Crippen LogP contribution in [0.25, 0.3) is 0 Å². The number of carbonyl (C=O) groups is 2. The lowest BCUT2D eigenvalue weighted by molar-refractivity contribution is -0.141. The van der Waals surface area contributed by atoms with E-state index in [9.17, 15) is 9.59 Å². The van der Waals surface area contributed by atoms with Gasteiger partial charge in [0.2, 0.25) is 0 Å². The maximum Gasteiger partial charge on any atom is 0.306 e. The Morgan fingerprint density at radius 3 is 2.46 bits per heavy atom. The fourth-order valence-corrected chi connectivity index (χ4v) is 1.18. The normalized spacial score (nSPS) is 14.9. The Bertz CT molecular complexity index is 166. The number of rotatable bonds is 7. The van der Waals surface area contributed by atoms with E-state index < -0.39 is 5.97 Å². The van der Waals surface area contributed by atoms with Crippen molar-refractivity contribution in [3.8, 4) is 0 Å². The molecule has 0 fully saturated rings. The van der Waals surface area contributed by atoms with Gasteiger partial charge >= 0.3 is 5.97 Å². The Hall–Kier alpha value is -0.860. The average molecular weight is 186 g/mol. The standard InChI is InChI=1S/C10H18O3/c1-8(6-7-11)4-3-5-9(2)10(12)13/h7-9H,3-6H2,1-2H3,(H,12,13). The first kappa shape index (κ1) is 12.1. The topological polar surface area (TPSA) is 54.4 Å². The predicted molar refractivity (Wildman–Crippen MR) is 50.5 cm³/mol. The highest BCUT2D eigenvalue weighted by molar-refractivity contribution is 5.69. The summed E-state index contributed by atoms with van der Waals surface area (Å²) >= 11 is 0. The molecule has 0 aliphatic heterocycles. The van der Waals surface area contributed by atoms with Crippen molar-refractivity contribution in [2.45, 2.75) is 39.5 Å². The molecule has 13 heavy (non-hydrogen) atoms. The fourth-order valence-electron chi connectivity index (χ4n) is 1.18. The van der Waals surface area contributed by atoms with Crippen LogP contribution in [-0.2, 0) is 9.59 Å². The first-order valence-electron chi connectivity index (χ1n) is 4.74. The van der Waals surface area contributed by atoms with Crippen LogP contribution in [-0.4, -0.2) is 17.4 Å². The molecule has 0 aliphatic rings. The Kier molecular flexibility index (Phi) is 6.20. The molecule has 0 saturated heterocycles. The zero-order valence-electron chi connectivity index (χ0n) is 8.32. The van der Waals surface area contributed by atoms with Gasteiger partial charge < -0.3 is 9.90 Å². The van der Waals surface area contributed by atoms with Crippen LogP contribution in [0.5, 0.6) is 0 Å². The lowest BCUT2D eigenvalue weighted by atomic mass is 9.97. The van der Waals surface area contributed by atoms with Crippen molar-refractivity contribution < 1.29 is 14.7 Å². The number of hydrogen-bond acceptors (Lipinski definition) is 2. The third kappa shape index (κ3) is 6.31. The summed E-state index contributed by atoms with van der Waals surface area (Å²) in [4.78, 5) is 20.6. The first-order chi connectivity index (χ1) is 6.07. The van der Waals surface area contributed by atoms with Crippen molar-refractivity contribution in [3.63, 3.8) is 0 Å². The van der Waals surface area contributed by atoms with Crippen molar-refractivity contribution in [2.75, 3.05) is 0 Å². The van der Waals surface area contributed by atoms with Crippen molar-refractivity contribution in [1.82, 2.24) is 0 Å². The van der Waals surface area contributed by atoms with E-state index in [0.717, 1.165) is 19.1 Å². The monoisotopic (exact) mass is 186 g/mol. The molecule has 0 aromatic rings. The minimum Gasteiger partial charge on any atom is -0.481 e. The molecule has 0 aromatic carbocycles. The lowest BCUT2D eigenvalue weighted by Gasteiger charge is -2.08. The molecule has 0 aromatic heterocycles. The van der Waals surface area contributed by atoms with Gasteiger partial charge in [-0.2, -0.15) is 0 Å². The smallest absolute Gasteiger partial charge is 0.306 e. The van der Waals surface area contributed by atoms with Gasteiger partial charge in [0.15, 0.2) is 0 Å². The summed E-state index contributed by atoms with van der Waals surface area (Å²) in [7, 11) is 0. The Morgan fingerprint density at radius 1 is 1.38 bits per heavy atom. The summed E-state index contributed by atoms with van der Waals surface area (Å²) < 4.78 is 0. The molecule has 0 spiro atoms. The van der Waals surface area contributed by atoms with Gasteiger partial charge in [-0.15, -0.1) is 0 Å². The minimum atomic E-state index is -0.733. The molecule has 76 valence electrons. The molecule has 0 aliphatic carbocycles. The minimum absolute atomic E-state index is 0.261. The maximum absolute atomic E-state index is 10.4. The van der Waals surface area contributed by atoms with E-state index in [1.165, 1.54) is 0 Å². The summed E-state index contributed by atoms with van der Waals surface area (Å²) in [5.41, 5.74) is 0. The van der Waals surface area contributed by atoms with Gasteiger partial charge in [-0.1, -0.05) is 26.7 Å². The SMILES string of the molecule is CC(CC=O)CCCC(C)C(=O)O. The summed E-state index contributed by atoms with van der Waals surface area (Å²) in [5.74, 6) is -0.607. The number of carboxylic acids is 1. The molecule has 0 heterocycles. The van der Waals surface area contributed by atoms with E-state index >= 15 is 0 Å². The number of aliphatic carboxylic acids is 1. The van der Waals surface area contributed by atoms with Gasteiger partial charge in [-0.05, 0) is 12.3 Å². The molecule has 3 nitrogen and oxygen atoms in total. The van der Waals surface area contributed by atoms with E-state index in [0.29, 0.717) is 18.8 Å². The van der Waals surface area contributed by atoms with E-state index in [2.05, 4.69) is 0 Å². The Balaban J connectivity index is 3.44.